The van der Waals surface area contributed by atoms with Crippen molar-refractivity contribution in [3.05, 3.63) is 47.8 Å². The van der Waals surface area contributed by atoms with Crippen LogP contribution in [-0.4, -0.2) is 32.9 Å². The van der Waals surface area contributed by atoms with Crippen LogP contribution in [0.1, 0.15) is 11.4 Å². The number of rotatable bonds is 5. The highest BCUT2D eigenvalue weighted by atomic mass is 16.3. The van der Waals surface area contributed by atoms with Crippen LogP contribution in [0.2, 0.25) is 0 Å². The Morgan fingerprint density at radius 1 is 1.21 bits per heavy atom. The molecule has 0 aliphatic rings. The number of hydrogen-bond acceptors (Lipinski definition) is 5. The monoisotopic (exact) mass is 259 g/mol. The molecule has 19 heavy (non-hydrogen) atoms. The molecule has 1 heterocycles. The summed E-state index contributed by atoms with van der Waals surface area (Å²) in [5.41, 5.74) is 2.42. The van der Waals surface area contributed by atoms with Gasteiger partial charge in [-0.15, -0.1) is 0 Å². The van der Waals surface area contributed by atoms with Crippen molar-refractivity contribution in [1.29, 1.82) is 0 Å². The van der Waals surface area contributed by atoms with Gasteiger partial charge in [0, 0.05) is 23.5 Å². The maximum atomic E-state index is 9.45. The number of nitrogens with one attached hydrogen (secondary N) is 1. The van der Waals surface area contributed by atoms with Crippen molar-refractivity contribution >= 4 is 11.6 Å². The first-order chi connectivity index (χ1) is 9.17. The molecule has 1 aromatic heterocycles. The molecule has 1 atom stereocenters. The summed E-state index contributed by atoms with van der Waals surface area (Å²) in [5, 5.41) is 21.4. The van der Waals surface area contributed by atoms with E-state index in [1.165, 1.54) is 0 Å². The van der Waals surface area contributed by atoms with Gasteiger partial charge in [0.15, 0.2) is 0 Å². The summed E-state index contributed by atoms with van der Waals surface area (Å²) in [6, 6.07) is 11.4. The molecular weight excluding hydrogens is 242 g/mol. The molecule has 2 aromatic rings. The first kappa shape index (κ1) is 13.5. The molecule has 100 valence electrons. The molecule has 5 nitrogen and oxygen atoms in total. The predicted octanol–water partition coefficient (Wildman–Crippen LogP) is 1.42. The summed E-state index contributed by atoms with van der Waals surface area (Å²) in [5.74, 6) is 0.492. The van der Waals surface area contributed by atoms with Gasteiger partial charge in [0.05, 0.1) is 12.7 Å². The van der Waals surface area contributed by atoms with Crippen LogP contribution in [-0.2, 0) is 6.42 Å². The first-order valence-electron chi connectivity index (χ1n) is 6.13. The van der Waals surface area contributed by atoms with E-state index < -0.39 is 6.10 Å². The van der Waals surface area contributed by atoms with Gasteiger partial charge in [-0.2, -0.15) is 0 Å². The highest BCUT2D eigenvalue weighted by molar-refractivity contribution is 5.52. The second-order valence-electron chi connectivity index (χ2n) is 4.36. The number of aliphatic hydroxyl groups is 2. The number of aliphatic hydroxyl groups excluding tert-OH is 2. The fourth-order valence-electron chi connectivity index (χ4n) is 1.75. The first-order valence-corrected chi connectivity index (χ1v) is 6.13. The van der Waals surface area contributed by atoms with Crippen molar-refractivity contribution in [3.8, 4) is 0 Å². The van der Waals surface area contributed by atoms with Crippen LogP contribution < -0.4 is 5.32 Å². The molecule has 0 aliphatic heterocycles. The Kier molecular flexibility index (Phi) is 4.43. The van der Waals surface area contributed by atoms with Crippen LogP contribution in [0.3, 0.4) is 0 Å². The van der Waals surface area contributed by atoms with Gasteiger partial charge in [-0.05, 0) is 25.1 Å². The minimum atomic E-state index is -0.793. The van der Waals surface area contributed by atoms with Crippen LogP contribution in [0, 0.1) is 6.92 Å². The number of aryl methyl sites for hydroxylation is 1. The second kappa shape index (κ2) is 6.26. The fourth-order valence-corrected chi connectivity index (χ4v) is 1.75. The number of benzene rings is 1. The number of anilines is 2. The molecule has 0 saturated heterocycles. The standard InChI is InChI=1S/C14H17N3O2/c1-10-7-12(8-13(19)9-18)17-14(15-10)16-11-5-3-2-4-6-11/h2-7,13,18-19H,8-9H2,1H3,(H,15,16,17). The van der Waals surface area contributed by atoms with Crippen LogP contribution in [0.15, 0.2) is 36.4 Å². The van der Waals surface area contributed by atoms with Crippen LogP contribution >= 0.6 is 0 Å². The van der Waals surface area contributed by atoms with Crippen molar-refractivity contribution in [3.63, 3.8) is 0 Å². The minimum absolute atomic E-state index is 0.273. The predicted molar refractivity (Wildman–Crippen MR) is 73.3 cm³/mol. The molecule has 0 fully saturated rings. The van der Waals surface area contributed by atoms with E-state index in [2.05, 4.69) is 15.3 Å². The number of para-hydroxylation sites is 1. The van der Waals surface area contributed by atoms with Crippen LogP contribution in [0.25, 0.3) is 0 Å². The molecule has 2 rings (SSSR count). The van der Waals surface area contributed by atoms with Crippen molar-refractivity contribution in [2.45, 2.75) is 19.4 Å². The van der Waals surface area contributed by atoms with Crippen LogP contribution in [0.4, 0.5) is 11.6 Å². The number of hydrogen-bond donors (Lipinski definition) is 3. The van der Waals surface area contributed by atoms with Gasteiger partial charge >= 0.3 is 0 Å². The van der Waals surface area contributed by atoms with Gasteiger partial charge < -0.3 is 15.5 Å². The average Bonchev–Trinajstić information content (AvgIpc) is 2.39. The molecule has 0 bridgehead atoms. The molecule has 1 aromatic carbocycles. The van der Waals surface area contributed by atoms with E-state index in [1.807, 2.05) is 37.3 Å². The summed E-state index contributed by atoms with van der Waals surface area (Å²) in [6.07, 6.45) is -0.484. The molecule has 0 spiro atoms. The average molecular weight is 259 g/mol. The highest BCUT2D eigenvalue weighted by Gasteiger charge is 2.08. The smallest absolute Gasteiger partial charge is 0.227 e. The van der Waals surface area contributed by atoms with Gasteiger partial charge in [0.1, 0.15) is 0 Å². The summed E-state index contributed by atoms with van der Waals surface area (Å²) in [6.45, 7) is 1.59. The lowest BCUT2D eigenvalue weighted by molar-refractivity contribution is 0.0947. The van der Waals surface area contributed by atoms with Gasteiger partial charge in [0.25, 0.3) is 0 Å². The third kappa shape index (κ3) is 4.01. The van der Waals surface area contributed by atoms with Gasteiger partial charge in [-0.3, -0.25) is 0 Å². The minimum Gasteiger partial charge on any atom is -0.394 e. The van der Waals surface area contributed by atoms with E-state index in [4.69, 9.17) is 5.11 Å². The van der Waals surface area contributed by atoms with Crippen molar-refractivity contribution in [1.82, 2.24) is 9.97 Å². The van der Waals surface area contributed by atoms with Crippen LogP contribution in [0.5, 0.6) is 0 Å². The zero-order valence-corrected chi connectivity index (χ0v) is 10.7. The Morgan fingerprint density at radius 2 is 1.95 bits per heavy atom. The third-order valence-corrected chi connectivity index (χ3v) is 2.59. The zero-order chi connectivity index (χ0) is 13.7. The van der Waals surface area contributed by atoms with E-state index in [-0.39, 0.29) is 6.61 Å². The summed E-state index contributed by atoms with van der Waals surface area (Å²) in [4.78, 5) is 8.62. The lowest BCUT2D eigenvalue weighted by Crippen LogP contribution is -2.16. The molecule has 5 heteroatoms. The Labute approximate surface area is 112 Å². The molecule has 1 unspecified atom stereocenters. The lowest BCUT2D eigenvalue weighted by atomic mass is 10.2. The van der Waals surface area contributed by atoms with Crippen molar-refractivity contribution < 1.29 is 10.2 Å². The molecular formula is C14H17N3O2. The van der Waals surface area contributed by atoms with Crippen molar-refractivity contribution in [2.75, 3.05) is 11.9 Å². The Balaban J connectivity index is 2.17. The van der Waals surface area contributed by atoms with Crippen molar-refractivity contribution in [2.24, 2.45) is 0 Å². The maximum absolute atomic E-state index is 9.45. The van der Waals surface area contributed by atoms with E-state index in [1.54, 1.807) is 6.07 Å². The Hall–Kier alpha value is -1.98. The van der Waals surface area contributed by atoms with Gasteiger partial charge in [-0.25, -0.2) is 9.97 Å². The SMILES string of the molecule is Cc1cc(CC(O)CO)nc(Nc2ccccc2)n1. The van der Waals surface area contributed by atoms with E-state index in [0.717, 1.165) is 11.4 Å². The largest absolute Gasteiger partial charge is 0.394 e. The fraction of sp³-hybridized carbons (Fsp3) is 0.286. The normalized spacial score (nSPS) is 12.2. The molecule has 3 N–H and O–H groups in total. The van der Waals surface area contributed by atoms with E-state index >= 15 is 0 Å². The molecule has 0 saturated carbocycles. The molecule has 0 radical (unpaired) electrons. The molecule has 0 amide bonds. The van der Waals surface area contributed by atoms with Gasteiger partial charge in [-0.1, -0.05) is 18.2 Å². The maximum Gasteiger partial charge on any atom is 0.227 e. The topological polar surface area (TPSA) is 78.3 Å². The van der Waals surface area contributed by atoms with Gasteiger partial charge in [0.2, 0.25) is 5.95 Å². The highest BCUT2D eigenvalue weighted by Crippen LogP contribution is 2.13. The summed E-state index contributed by atoms with van der Waals surface area (Å²) in [7, 11) is 0. The van der Waals surface area contributed by atoms with E-state index in [0.29, 0.717) is 18.1 Å². The van der Waals surface area contributed by atoms with E-state index in [9.17, 15) is 5.11 Å². The molecule has 0 aliphatic carbocycles. The lowest BCUT2D eigenvalue weighted by Gasteiger charge is -2.10. The quantitative estimate of drug-likeness (QED) is 0.757. The zero-order valence-electron chi connectivity index (χ0n) is 10.7. The summed E-state index contributed by atoms with van der Waals surface area (Å²) >= 11 is 0. The second-order valence-corrected chi connectivity index (χ2v) is 4.36. The Bertz CT molecular complexity index is 531. The summed E-state index contributed by atoms with van der Waals surface area (Å²) < 4.78 is 0. The number of aromatic nitrogens is 2. The third-order valence-electron chi connectivity index (χ3n) is 2.59. The Morgan fingerprint density at radius 3 is 2.63 bits per heavy atom. The number of nitrogens with zero attached hydrogens (tertiary/aromatic N) is 2.